The van der Waals surface area contributed by atoms with E-state index in [2.05, 4.69) is 26.1 Å². The Morgan fingerprint density at radius 1 is 1.40 bits per heavy atom. The van der Waals surface area contributed by atoms with Crippen LogP contribution in [0.4, 0.5) is 0 Å². The van der Waals surface area contributed by atoms with Gasteiger partial charge in [-0.2, -0.15) is 0 Å². The monoisotopic (exact) mass is 304 g/mol. The molecular weight excluding hydrogens is 276 g/mol. The lowest BCUT2D eigenvalue weighted by Crippen LogP contribution is -2.43. The van der Waals surface area contributed by atoms with Crippen LogP contribution in [0.1, 0.15) is 40.0 Å². The Balaban J connectivity index is 0.00000200. The van der Waals surface area contributed by atoms with E-state index in [1.54, 1.807) is 0 Å². The van der Waals surface area contributed by atoms with Crippen molar-refractivity contribution in [3.63, 3.8) is 0 Å². The lowest BCUT2D eigenvalue weighted by Gasteiger charge is -2.30. The minimum absolute atomic E-state index is 0. The van der Waals surface area contributed by atoms with E-state index in [4.69, 9.17) is 4.74 Å². The van der Waals surface area contributed by atoms with Crippen molar-refractivity contribution in [3.8, 4) is 0 Å². The van der Waals surface area contributed by atoms with Gasteiger partial charge in [0.2, 0.25) is 5.91 Å². The van der Waals surface area contributed by atoms with E-state index in [1.807, 2.05) is 4.90 Å². The minimum Gasteiger partial charge on any atom is -0.376 e. The Labute approximate surface area is 129 Å². The van der Waals surface area contributed by atoms with Gasteiger partial charge in [-0.15, -0.1) is 12.4 Å². The van der Waals surface area contributed by atoms with E-state index in [-0.39, 0.29) is 24.4 Å². The van der Waals surface area contributed by atoms with Crippen LogP contribution >= 0.6 is 12.4 Å². The maximum absolute atomic E-state index is 12.5. The van der Waals surface area contributed by atoms with Gasteiger partial charge in [0.05, 0.1) is 6.10 Å². The fraction of sp³-hybridized carbons (Fsp3) is 0.933. The number of carbonyl (C=O) groups excluding carboxylic acids is 1. The molecule has 0 aromatic heterocycles. The number of hydrogen-bond acceptors (Lipinski definition) is 3. The van der Waals surface area contributed by atoms with Crippen LogP contribution in [-0.2, 0) is 9.53 Å². The van der Waals surface area contributed by atoms with E-state index < -0.39 is 0 Å². The number of carbonyl (C=O) groups is 1. The molecule has 0 bridgehead atoms. The zero-order valence-corrected chi connectivity index (χ0v) is 13.7. The van der Waals surface area contributed by atoms with Gasteiger partial charge in [-0.1, -0.05) is 13.8 Å². The maximum Gasteiger partial charge on any atom is 0.225 e. The third-order valence-electron chi connectivity index (χ3n) is 4.09. The van der Waals surface area contributed by atoms with Gasteiger partial charge in [0, 0.05) is 31.7 Å². The number of halogens is 1. The first-order valence-electron chi connectivity index (χ1n) is 7.70. The second-order valence-electron chi connectivity index (χ2n) is 6.50. The van der Waals surface area contributed by atoms with Crippen LogP contribution < -0.4 is 5.32 Å². The molecule has 1 N–H and O–H groups in total. The summed E-state index contributed by atoms with van der Waals surface area (Å²) in [6.07, 6.45) is 3.22. The first-order valence-corrected chi connectivity index (χ1v) is 7.70. The Hall–Kier alpha value is -0.320. The summed E-state index contributed by atoms with van der Waals surface area (Å²) in [6, 6.07) is 0.471. The highest BCUT2D eigenvalue weighted by molar-refractivity contribution is 5.85. The molecular formula is C15H29ClN2O2. The summed E-state index contributed by atoms with van der Waals surface area (Å²) in [5.74, 6) is 1.14. The van der Waals surface area contributed by atoms with Crippen molar-refractivity contribution < 1.29 is 9.53 Å². The smallest absolute Gasteiger partial charge is 0.225 e. The molecule has 3 atom stereocenters. The third-order valence-corrected chi connectivity index (χ3v) is 4.09. The molecule has 20 heavy (non-hydrogen) atoms. The van der Waals surface area contributed by atoms with Crippen molar-refractivity contribution in [2.75, 3.05) is 26.2 Å². The normalized spacial score (nSPS) is 30.4. The van der Waals surface area contributed by atoms with Crippen molar-refractivity contribution in [2.45, 2.75) is 52.2 Å². The number of likely N-dealkylation sites (tertiary alicyclic amines) is 1. The summed E-state index contributed by atoms with van der Waals surface area (Å²) >= 11 is 0. The summed E-state index contributed by atoms with van der Waals surface area (Å²) in [4.78, 5) is 14.5. The average Bonchev–Trinajstić information content (AvgIpc) is 2.84. The first kappa shape index (κ1) is 17.7. The molecule has 0 aliphatic carbocycles. The lowest BCUT2D eigenvalue weighted by atomic mass is 9.92. The SMILES string of the molecule is CC(C)COC1CCN(C(=O)[C@H]2CCN[C@@H](C)C2)C1.Cl. The number of amides is 1. The van der Waals surface area contributed by atoms with Gasteiger partial charge in [0.25, 0.3) is 0 Å². The molecule has 4 nitrogen and oxygen atoms in total. The number of piperidine rings is 1. The van der Waals surface area contributed by atoms with Gasteiger partial charge in [-0.05, 0) is 38.6 Å². The number of hydrogen-bond donors (Lipinski definition) is 1. The molecule has 2 aliphatic heterocycles. The van der Waals surface area contributed by atoms with Gasteiger partial charge >= 0.3 is 0 Å². The Morgan fingerprint density at radius 2 is 2.15 bits per heavy atom. The number of nitrogens with zero attached hydrogens (tertiary/aromatic N) is 1. The van der Waals surface area contributed by atoms with Gasteiger partial charge < -0.3 is 15.0 Å². The molecule has 1 unspecified atom stereocenters. The second kappa shape index (κ2) is 8.20. The topological polar surface area (TPSA) is 41.6 Å². The molecule has 0 saturated carbocycles. The van der Waals surface area contributed by atoms with Crippen LogP contribution in [0.2, 0.25) is 0 Å². The molecule has 2 fully saturated rings. The zero-order chi connectivity index (χ0) is 13.8. The van der Waals surface area contributed by atoms with Crippen LogP contribution in [-0.4, -0.2) is 49.2 Å². The summed E-state index contributed by atoms with van der Waals surface area (Å²) in [6.45, 7) is 9.93. The van der Waals surface area contributed by atoms with Crippen LogP contribution in [0.15, 0.2) is 0 Å². The predicted octanol–water partition coefficient (Wildman–Crippen LogP) is 2.07. The maximum atomic E-state index is 12.5. The van der Waals surface area contributed by atoms with E-state index in [9.17, 15) is 4.79 Å². The summed E-state index contributed by atoms with van der Waals surface area (Å²) in [5.41, 5.74) is 0. The predicted molar refractivity (Wildman–Crippen MR) is 83.2 cm³/mol. The quantitative estimate of drug-likeness (QED) is 0.864. The fourth-order valence-electron chi connectivity index (χ4n) is 3.01. The van der Waals surface area contributed by atoms with Crippen molar-refractivity contribution in [1.82, 2.24) is 10.2 Å². The lowest BCUT2D eigenvalue weighted by molar-refractivity contribution is -0.136. The Kier molecular flexibility index (Phi) is 7.27. The van der Waals surface area contributed by atoms with Crippen LogP contribution in [0.25, 0.3) is 0 Å². The minimum atomic E-state index is 0. The number of rotatable bonds is 4. The van der Waals surface area contributed by atoms with E-state index in [0.29, 0.717) is 17.9 Å². The molecule has 0 radical (unpaired) electrons. The van der Waals surface area contributed by atoms with E-state index in [0.717, 1.165) is 45.5 Å². The second-order valence-corrected chi connectivity index (χ2v) is 6.50. The summed E-state index contributed by atoms with van der Waals surface area (Å²) < 4.78 is 5.85. The largest absolute Gasteiger partial charge is 0.376 e. The van der Waals surface area contributed by atoms with E-state index in [1.165, 1.54) is 0 Å². The van der Waals surface area contributed by atoms with Crippen LogP contribution in [0.5, 0.6) is 0 Å². The molecule has 2 heterocycles. The molecule has 2 aliphatic rings. The summed E-state index contributed by atoms with van der Waals surface area (Å²) in [7, 11) is 0. The van der Waals surface area contributed by atoms with Crippen molar-refractivity contribution in [2.24, 2.45) is 11.8 Å². The highest BCUT2D eigenvalue weighted by atomic mass is 35.5. The highest BCUT2D eigenvalue weighted by Gasteiger charge is 2.33. The Bertz CT molecular complexity index is 312. The average molecular weight is 305 g/mol. The van der Waals surface area contributed by atoms with Gasteiger partial charge in [-0.25, -0.2) is 0 Å². The molecule has 0 aromatic carbocycles. The molecule has 0 spiro atoms. The standard InChI is InChI=1S/C15H28N2O2.ClH/c1-11(2)10-19-14-5-7-17(9-14)15(18)13-4-6-16-12(3)8-13;/h11-14,16H,4-10H2,1-3H3;1H/t12-,13-,14?;/m0./s1. The molecule has 2 rings (SSSR count). The Morgan fingerprint density at radius 3 is 2.80 bits per heavy atom. The van der Waals surface area contributed by atoms with Crippen LogP contribution in [0, 0.1) is 11.8 Å². The van der Waals surface area contributed by atoms with Crippen LogP contribution in [0.3, 0.4) is 0 Å². The summed E-state index contributed by atoms with van der Waals surface area (Å²) in [5, 5.41) is 3.40. The fourth-order valence-corrected chi connectivity index (χ4v) is 3.01. The zero-order valence-electron chi connectivity index (χ0n) is 12.9. The molecule has 2 saturated heterocycles. The van der Waals surface area contributed by atoms with Crippen molar-refractivity contribution >= 4 is 18.3 Å². The molecule has 1 amide bonds. The highest BCUT2D eigenvalue weighted by Crippen LogP contribution is 2.22. The molecule has 0 aromatic rings. The molecule has 5 heteroatoms. The molecule has 118 valence electrons. The van der Waals surface area contributed by atoms with E-state index >= 15 is 0 Å². The number of nitrogens with one attached hydrogen (secondary N) is 1. The van der Waals surface area contributed by atoms with Crippen molar-refractivity contribution in [1.29, 1.82) is 0 Å². The first-order chi connectivity index (χ1) is 9.06. The van der Waals surface area contributed by atoms with Gasteiger partial charge in [0.1, 0.15) is 0 Å². The van der Waals surface area contributed by atoms with Crippen molar-refractivity contribution in [3.05, 3.63) is 0 Å². The third kappa shape index (κ3) is 4.90. The van der Waals surface area contributed by atoms with Gasteiger partial charge in [-0.3, -0.25) is 4.79 Å². The number of ether oxygens (including phenoxy) is 1. The van der Waals surface area contributed by atoms with Gasteiger partial charge in [0.15, 0.2) is 0 Å².